The minimum atomic E-state index is -0.0821. The fourth-order valence-electron chi connectivity index (χ4n) is 3.02. The van der Waals surface area contributed by atoms with Crippen molar-refractivity contribution in [2.24, 2.45) is 11.8 Å². The molecular formula is C15H26N2O3. The van der Waals surface area contributed by atoms with Gasteiger partial charge in [0.05, 0.1) is 18.6 Å². The summed E-state index contributed by atoms with van der Waals surface area (Å²) in [5.41, 5.74) is 0. The smallest absolute Gasteiger partial charge is 0.224 e. The molecule has 3 atom stereocenters. The SMILES string of the molecule is CC1CCCCC1OCCNC(=O)C1CCC(=O)NC1. The quantitative estimate of drug-likeness (QED) is 0.745. The van der Waals surface area contributed by atoms with Gasteiger partial charge < -0.3 is 15.4 Å². The fraction of sp³-hybridized carbons (Fsp3) is 0.867. The van der Waals surface area contributed by atoms with Crippen LogP contribution in [0, 0.1) is 11.8 Å². The molecule has 1 aliphatic heterocycles. The molecule has 5 heteroatoms. The third-order valence-corrected chi connectivity index (χ3v) is 4.40. The van der Waals surface area contributed by atoms with Gasteiger partial charge in [-0.2, -0.15) is 0 Å². The van der Waals surface area contributed by atoms with Crippen LogP contribution in [0.3, 0.4) is 0 Å². The van der Waals surface area contributed by atoms with Crippen LogP contribution in [0.25, 0.3) is 0 Å². The number of piperidine rings is 1. The van der Waals surface area contributed by atoms with Crippen LogP contribution >= 0.6 is 0 Å². The molecule has 0 aromatic heterocycles. The summed E-state index contributed by atoms with van der Waals surface area (Å²) in [5.74, 6) is 0.628. The second-order valence-electron chi connectivity index (χ2n) is 6.00. The summed E-state index contributed by atoms with van der Waals surface area (Å²) < 4.78 is 5.87. The van der Waals surface area contributed by atoms with Gasteiger partial charge in [-0.05, 0) is 25.2 Å². The highest BCUT2D eigenvalue weighted by molar-refractivity contribution is 5.83. The van der Waals surface area contributed by atoms with Crippen LogP contribution in [0.2, 0.25) is 0 Å². The molecule has 1 aliphatic carbocycles. The van der Waals surface area contributed by atoms with E-state index in [1.807, 2.05) is 0 Å². The number of amides is 2. The van der Waals surface area contributed by atoms with Gasteiger partial charge in [0.2, 0.25) is 11.8 Å². The van der Waals surface area contributed by atoms with Crippen LogP contribution in [-0.4, -0.2) is 37.6 Å². The first-order chi connectivity index (χ1) is 9.66. The molecule has 2 aliphatic rings. The summed E-state index contributed by atoms with van der Waals surface area (Å²) in [4.78, 5) is 22.9. The number of nitrogens with one attached hydrogen (secondary N) is 2. The second kappa shape index (κ2) is 7.62. The number of carbonyl (C=O) groups is 2. The molecule has 2 fully saturated rings. The summed E-state index contributed by atoms with van der Waals surface area (Å²) in [6.45, 7) is 3.85. The maximum absolute atomic E-state index is 11.9. The third-order valence-electron chi connectivity index (χ3n) is 4.40. The van der Waals surface area contributed by atoms with E-state index in [-0.39, 0.29) is 17.7 Å². The Labute approximate surface area is 120 Å². The van der Waals surface area contributed by atoms with Gasteiger partial charge in [0.25, 0.3) is 0 Å². The van der Waals surface area contributed by atoms with Crippen LogP contribution in [0.4, 0.5) is 0 Å². The van der Waals surface area contributed by atoms with E-state index < -0.39 is 0 Å². The molecule has 0 bridgehead atoms. The Bertz CT molecular complexity index is 336. The van der Waals surface area contributed by atoms with Crippen LogP contribution in [0.5, 0.6) is 0 Å². The maximum Gasteiger partial charge on any atom is 0.224 e. The number of ether oxygens (including phenoxy) is 1. The molecule has 0 spiro atoms. The van der Waals surface area contributed by atoms with Gasteiger partial charge in [0, 0.05) is 19.5 Å². The van der Waals surface area contributed by atoms with E-state index in [9.17, 15) is 9.59 Å². The topological polar surface area (TPSA) is 67.4 Å². The van der Waals surface area contributed by atoms with Crippen molar-refractivity contribution in [2.45, 2.75) is 51.6 Å². The van der Waals surface area contributed by atoms with E-state index >= 15 is 0 Å². The molecule has 1 saturated carbocycles. The van der Waals surface area contributed by atoms with Crippen molar-refractivity contribution >= 4 is 11.8 Å². The van der Waals surface area contributed by atoms with E-state index in [1.54, 1.807) is 0 Å². The summed E-state index contributed by atoms with van der Waals surface area (Å²) in [6.07, 6.45) is 6.41. The second-order valence-corrected chi connectivity index (χ2v) is 6.00. The van der Waals surface area contributed by atoms with Gasteiger partial charge in [-0.15, -0.1) is 0 Å². The highest BCUT2D eigenvalue weighted by Crippen LogP contribution is 2.25. The van der Waals surface area contributed by atoms with Crippen molar-refractivity contribution in [1.29, 1.82) is 0 Å². The van der Waals surface area contributed by atoms with Crippen molar-refractivity contribution in [3.05, 3.63) is 0 Å². The van der Waals surface area contributed by atoms with Gasteiger partial charge in [-0.3, -0.25) is 9.59 Å². The molecule has 114 valence electrons. The lowest BCUT2D eigenvalue weighted by atomic mass is 9.88. The number of rotatable bonds is 5. The van der Waals surface area contributed by atoms with Crippen molar-refractivity contribution in [3.8, 4) is 0 Å². The zero-order valence-corrected chi connectivity index (χ0v) is 12.3. The normalized spacial score (nSPS) is 30.6. The van der Waals surface area contributed by atoms with Crippen LogP contribution in [-0.2, 0) is 14.3 Å². The number of carbonyl (C=O) groups excluding carboxylic acids is 2. The van der Waals surface area contributed by atoms with Crippen LogP contribution in [0.1, 0.15) is 45.4 Å². The Morgan fingerprint density at radius 3 is 2.85 bits per heavy atom. The van der Waals surface area contributed by atoms with Crippen molar-refractivity contribution < 1.29 is 14.3 Å². The molecular weight excluding hydrogens is 256 g/mol. The van der Waals surface area contributed by atoms with Crippen LogP contribution < -0.4 is 10.6 Å². The maximum atomic E-state index is 11.9. The van der Waals surface area contributed by atoms with Crippen molar-refractivity contribution in [3.63, 3.8) is 0 Å². The lowest BCUT2D eigenvalue weighted by molar-refractivity contribution is -0.129. The predicted molar refractivity (Wildman–Crippen MR) is 76.1 cm³/mol. The Balaban J connectivity index is 1.58. The van der Waals surface area contributed by atoms with Crippen LogP contribution in [0.15, 0.2) is 0 Å². The molecule has 5 nitrogen and oxygen atoms in total. The highest BCUT2D eigenvalue weighted by Gasteiger charge is 2.24. The zero-order valence-electron chi connectivity index (χ0n) is 12.3. The summed E-state index contributed by atoms with van der Waals surface area (Å²) >= 11 is 0. The molecule has 0 aromatic rings. The fourth-order valence-corrected chi connectivity index (χ4v) is 3.02. The van der Waals surface area contributed by atoms with E-state index in [1.165, 1.54) is 19.3 Å². The first-order valence-electron chi connectivity index (χ1n) is 7.83. The van der Waals surface area contributed by atoms with Crippen molar-refractivity contribution in [1.82, 2.24) is 10.6 Å². The van der Waals surface area contributed by atoms with Gasteiger partial charge >= 0.3 is 0 Å². The average Bonchev–Trinajstić information content (AvgIpc) is 2.46. The predicted octanol–water partition coefficient (Wildman–Crippen LogP) is 1.22. The Morgan fingerprint density at radius 2 is 2.15 bits per heavy atom. The molecule has 3 unspecified atom stereocenters. The minimum absolute atomic E-state index is 0.0327. The Kier molecular flexibility index (Phi) is 5.83. The molecule has 1 saturated heterocycles. The van der Waals surface area contributed by atoms with Crippen molar-refractivity contribution in [2.75, 3.05) is 19.7 Å². The van der Waals surface area contributed by atoms with Gasteiger partial charge in [0.15, 0.2) is 0 Å². The monoisotopic (exact) mass is 282 g/mol. The molecule has 2 N–H and O–H groups in total. The highest BCUT2D eigenvalue weighted by atomic mass is 16.5. The van der Waals surface area contributed by atoms with E-state index in [0.717, 1.165) is 6.42 Å². The van der Waals surface area contributed by atoms with E-state index in [0.29, 0.717) is 44.6 Å². The first-order valence-corrected chi connectivity index (χ1v) is 7.83. The molecule has 0 aromatic carbocycles. The summed E-state index contributed by atoms with van der Waals surface area (Å²) in [5, 5.41) is 5.64. The lowest BCUT2D eigenvalue weighted by Gasteiger charge is -2.29. The summed E-state index contributed by atoms with van der Waals surface area (Å²) in [7, 11) is 0. The first kappa shape index (κ1) is 15.3. The zero-order chi connectivity index (χ0) is 14.4. The van der Waals surface area contributed by atoms with Gasteiger partial charge in [0.1, 0.15) is 0 Å². The van der Waals surface area contributed by atoms with Gasteiger partial charge in [-0.25, -0.2) is 0 Å². The molecule has 20 heavy (non-hydrogen) atoms. The number of hydrogen-bond donors (Lipinski definition) is 2. The summed E-state index contributed by atoms with van der Waals surface area (Å²) in [6, 6.07) is 0. The third kappa shape index (κ3) is 4.47. The Hall–Kier alpha value is -1.10. The molecule has 0 radical (unpaired) electrons. The van der Waals surface area contributed by atoms with E-state index in [2.05, 4.69) is 17.6 Å². The standard InChI is InChI=1S/C15H26N2O3/c1-11-4-2-3-5-13(11)20-9-8-16-15(19)12-6-7-14(18)17-10-12/h11-13H,2-10H2,1H3,(H,16,19)(H,17,18). The average molecular weight is 282 g/mol. The lowest BCUT2D eigenvalue weighted by Crippen LogP contribution is -2.43. The largest absolute Gasteiger partial charge is 0.376 e. The molecule has 1 heterocycles. The number of hydrogen-bond acceptors (Lipinski definition) is 3. The molecule has 2 amide bonds. The van der Waals surface area contributed by atoms with E-state index in [4.69, 9.17) is 4.74 Å². The Morgan fingerprint density at radius 1 is 1.35 bits per heavy atom. The molecule has 2 rings (SSSR count). The van der Waals surface area contributed by atoms with Gasteiger partial charge in [-0.1, -0.05) is 19.8 Å². The minimum Gasteiger partial charge on any atom is -0.376 e.